The van der Waals surface area contributed by atoms with Gasteiger partial charge in [-0.15, -0.1) is 0 Å². The number of carbonyl (C=O) groups excluding carboxylic acids is 1. The van der Waals surface area contributed by atoms with Gasteiger partial charge in [-0.2, -0.15) is 0 Å². The molecular formula is C14H19ClN2O2S. The van der Waals surface area contributed by atoms with E-state index in [9.17, 15) is 9.00 Å². The molecule has 110 valence electrons. The lowest BCUT2D eigenvalue weighted by atomic mass is 10.1. The standard InChI is InChI=1S/C14H19ClN2O2S/c15-12-7-11(16)5-6-13(12)17-14(18)9-20(19)8-10-3-1-2-4-10/h5-7,10H,1-4,8-9,16H2,(H,17,18). The fourth-order valence-electron chi connectivity index (χ4n) is 2.46. The summed E-state index contributed by atoms with van der Waals surface area (Å²) in [4.78, 5) is 11.8. The minimum atomic E-state index is -1.10. The zero-order valence-electron chi connectivity index (χ0n) is 11.2. The summed E-state index contributed by atoms with van der Waals surface area (Å²) < 4.78 is 11.9. The average Bonchev–Trinajstić information content (AvgIpc) is 2.85. The second-order valence-corrected chi connectivity index (χ2v) is 7.10. The molecule has 1 aromatic carbocycles. The maximum absolute atomic E-state index is 11.9. The Bertz CT molecular complexity index is 516. The number of rotatable bonds is 5. The number of carbonyl (C=O) groups is 1. The van der Waals surface area contributed by atoms with Crippen LogP contribution >= 0.6 is 11.6 Å². The van der Waals surface area contributed by atoms with Gasteiger partial charge in [0.2, 0.25) is 5.91 Å². The molecule has 3 N–H and O–H groups in total. The third-order valence-corrected chi connectivity index (χ3v) is 5.20. The van der Waals surface area contributed by atoms with E-state index in [-0.39, 0.29) is 11.7 Å². The maximum Gasteiger partial charge on any atom is 0.237 e. The molecule has 0 aliphatic heterocycles. The van der Waals surface area contributed by atoms with Crippen LogP contribution in [0.3, 0.4) is 0 Å². The first-order valence-corrected chi connectivity index (χ1v) is 8.61. The van der Waals surface area contributed by atoms with E-state index in [2.05, 4.69) is 5.32 Å². The van der Waals surface area contributed by atoms with E-state index in [0.29, 0.717) is 28.1 Å². The van der Waals surface area contributed by atoms with Crippen LogP contribution in [0.1, 0.15) is 25.7 Å². The topological polar surface area (TPSA) is 72.2 Å². The predicted octanol–water partition coefficient (Wildman–Crippen LogP) is 2.80. The quantitative estimate of drug-likeness (QED) is 0.821. The van der Waals surface area contributed by atoms with Crippen LogP contribution in [0.25, 0.3) is 0 Å². The molecule has 1 amide bonds. The molecule has 0 saturated heterocycles. The highest BCUT2D eigenvalue weighted by molar-refractivity contribution is 7.85. The highest BCUT2D eigenvalue weighted by Gasteiger charge is 2.19. The van der Waals surface area contributed by atoms with Gasteiger partial charge in [-0.3, -0.25) is 9.00 Å². The summed E-state index contributed by atoms with van der Waals surface area (Å²) in [5.41, 5.74) is 6.63. The minimum Gasteiger partial charge on any atom is -0.399 e. The van der Waals surface area contributed by atoms with Gasteiger partial charge >= 0.3 is 0 Å². The molecule has 0 heterocycles. The molecule has 6 heteroatoms. The fourth-order valence-corrected chi connectivity index (χ4v) is 4.04. The predicted molar refractivity (Wildman–Crippen MR) is 84.3 cm³/mol. The first-order valence-electron chi connectivity index (χ1n) is 6.74. The number of halogens is 1. The van der Waals surface area contributed by atoms with Crippen LogP contribution in [0, 0.1) is 5.92 Å². The van der Waals surface area contributed by atoms with E-state index in [1.807, 2.05) is 0 Å². The first kappa shape index (κ1) is 15.3. The van der Waals surface area contributed by atoms with E-state index in [4.69, 9.17) is 17.3 Å². The average molecular weight is 315 g/mol. The van der Waals surface area contributed by atoms with Crippen LogP contribution in [0.4, 0.5) is 11.4 Å². The Labute approximate surface area is 126 Å². The molecule has 1 aliphatic carbocycles. The van der Waals surface area contributed by atoms with Crippen LogP contribution in [-0.2, 0) is 15.6 Å². The monoisotopic (exact) mass is 314 g/mol. The van der Waals surface area contributed by atoms with Crippen LogP contribution in [-0.4, -0.2) is 21.6 Å². The van der Waals surface area contributed by atoms with Crippen LogP contribution < -0.4 is 11.1 Å². The minimum absolute atomic E-state index is 0.0250. The number of hydrogen-bond acceptors (Lipinski definition) is 3. The van der Waals surface area contributed by atoms with Crippen molar-refractivity contribution in [1.82, 2.24) is 0 Å². The molecule has 0 bridgehead atoms. The first-order chi connectivity index (χ1) is 9.54. The lowest BCUT2D eigenvalue weighted by Crippen LogP contribution is -2.22. The van der Waals surface area contributed by atoms with Gasteiger partial charge in [-0.1, -0.05) is 24.4 Å². The lowest BCUT2D eigenvalue weighted by molar-refractivity contribution is -0.113. The van der Waals surface area contributed by atoms with Crippen molar-refractivity contribution in [2.45, 2.75) is 25.7 Å². The Morgan fingerprint density at radius 2 is 2.10 bits per heavy atom. The highest BCUT2D eigenvalue weighted by atomic mass is 35.5. The van der Waals surface area contributed by atoms with Crippen LogP contribution in [0.15, 0.2) is 18.2 Å². The van der Waals surface area contributed by atoms with Gasteiger partial charge in [0.25, 0.3) is 0 Å². The number of nitrogens with two attached hydrogens (primary N) is 1. The lowest BCUT2D eigenvalue weighted by Gasteiger charge is -2.10. The van der Waals surface area contributed by atoms with Crippen molar-refractivity contribution in [3.05, 3.63) is 23.2 Å². The Morgan fingerprint density at radius 3 is 2.75 bits per heavy atom. The van der Waals surface area contributed by atoms with Gasteiger partial charge in [-0.25, -0.2) is 0 Å². The number of nitrogen functional groups attached to an aromatic ring is 1. The molecule has 1 unspecified atom stereocenters. The second kappa shape index (κ2) is 7.09. The summed E-state index contributed by atoms with van der Waals surface area (Å²) in [5, 5.41) is 3.06. The van der Waals surface area contributed by atoms with Crippen molar-refractivity contribution >= 4 is 39.7 Å². The third kappa shape index (κ3) is 4.49. The number of benzene rings is 1. The van der Waals surface area contributed by atoms with Gasteiger partial charge < -0.3 is 11.1 Å². The molecule has 1 aliphatic rings. The number of hydrogen-bond donors (Lipinski definition) is 2. The molecule has 1 aromatic rings. The summed E-state index contributed by atoms with van der Waals surface area (Å²) in [7, 11) is -1.10. The SMILES string of the molecule is Nc1ccc(NC(=O)CS(=O)CC2CCCC2)c(Cl)c1. The van der Waals surface area contributed by atoms with Crippen molar-refractivity contribution in [2.75, 3.05) is 22.6 Å². The Balaban J connectivity index is 1.83. The molecule has 2 rings (SSSR count). The molecule has 0 aromatic heterocycles. The Morgan fingerprint density at radius 1 is 1.40 bits per heavy atom. The zero-order valence-corrected chi connectivity index (χ0v) is 12.8. The normalized spacial score (nSPS) is 17.1. The third-order valence-electron chi connectivity index (χ3n) is 3.46. The van der Waals surface area contributed by atoms with Gasteiger partial charge in [0, 0.05) is 22.2 Å². The molecule has 0 radical (unpaired) electrons. The molecule has 20 heavy (non-hydrogen) atoms. The van der Waals surface area contributed by atoms with Gasteiger partial charge in [0.15, 0.2) is 0 Å². The van der Waals surface area contributed by atoms with Crippen LogP contribution in [0.5, 0.6) is 0 Å². The summed E-state index contributed by atoms with van der Waals surface area (Å²) in [6.07, 6.45) is 4.71. The van der Waals surface area contributed by atoms with Gasteiger partial charge in [0.1, 0.15) is 5.75 Å². The van der Waals surface area contributed by atoms with Crippen LogP contribution in [0.2, 0.25) is 5.02 Å². The van der Waals surface area contributed by atoms with Crippen molar-refractivity contribution < 1.29 is 9.00 Å². The van der Waals surface area contributed by atoms with Gasteiger partial charge in [-0.05, 0) is 37.0 Å². The molecule has 1 fully saturated rings. The summed E-state index contributed by atoms with van der Waals surface area (Å²) in [6.45, 7) is 0. The van der Waals surface area contributed by atoms with Crippen molar-refractivity contribution in [3.8, 4) is 0 Å². The van der Waals surface area contributed by atoms with Crippen molar-refractivity contribution in [2.24, 2.45) is 5.92 Å². The zero-order chi connectivity index (χ0) is 14.5. The smallest absolute Gasteiger partial charge is 0.237 e. The Hall–Kier alpha value is -1.07. The molecule has 0 spiro atoms. The number of amides is 1. The van der Waals surface area contributed by atoms with E-state index < -0.39 is 10.8 Å². The summed E-state index contributed by atoms with van der Waals surface area (Å²) in [5.74, 6) is 0.900. The number of nitrogens with one attached hydrogen (secondary N) is 1. The molecule has 1 saturated carbocycles. The molecule has 1 atom stereocenters. The molecular weight excluding hydrogens is 296 g/mol. The summed E-state index contributed by atoms with van der Waals surface area (Å²) >= 11 is 5.98. The summed E-state index contributed by atoms with van der Waals surface area (Å²) in [6, 6.07) is 4.89. The van der Waals surface area contributed by atoms with E-state index >= 15 is 0 Å². The molecule has 4 nitrogen and oxygen atoms in total. The second-order valence-electron chi connectivity index (χ2n) is 5.19. The number of anilines is 2. The van der Waals surface area contributed by atoms with E-state index in [1.54, 1.807) is 18.2 Å². The maximum atomic E-state index is 11.9. The Kier molecular flexibility index (Phi) is 5.43. The fraction of sp³-hybridized carbons (Fsp3) is 0.500. The largest absolute Gasteiger partial charge is 0.399 e. The highest BCUT2D eigenvalue weighted by Crippen LogP contribution is 2.26. The van der Waals surface area contributed by atoms with E-state index in [1.165, 1.54) is 12.8 Å². The van der Waals surface area contributed by atoms with E-state index in [0.717, 1.165) is 12.8 Å². The van der Waals surface area contributed by atoms with Crippen molar-refractivity contribution in [1.29, 1.82) is 0 Å². The van der Waals surface area contributed by atoms with Crippen molar-refractivity contribution in [3.63, 3.8) is 0 Å². The van der Waals surface area contributed by atoms with Gasteiger partial charge in [0.05, 0.1) is 10.7 Å².